The van der Waals surface area contributed by atoms with E-state index in [2.05, 4.69) is 20.8 Å². The lowest BCUT2D eigenvalue weighted by molar-refractivity contribution is 0.446. The van der Waals surface area contributed by atoms with E-state index in [1.807, 2.05) is 10.7 Å². The van der Waals surface area contributed by atoms with Gasteiger partial charge in [0.15, 0.2) is 0 Å². The lowest BCUT2D eigenvalue weighted by Gasteiger charge is -2.23. The van der Waals surface area contributed by atoms with Crippen molar-refractivity contribution in [1.29, 1.82) is 0 Å². The van der Waals surface area contributed by atoms with Gasteiger partial charge in [-0.15, -0.1) is 23.7 Å². The summed E-state index contributed by atoms with van der Waals surface area (Å²) in [5.41, 5.74) is 3.84. The standard InChI is InChI=1S/C17H19N5OS.ClH/c23-15-7-14(11-3-5-18-6-4-11)22-16(21-15)12(8-19-22)17-20-13(9-24-17)10-1-2-10;/h7-11,18H,1-6H2,(H,21,23);1H. The van der Waals surface area contributed by atoms with E-state index < -0.39 is 0 Å². The summed E-state index contributed by atoms with van der Waals surface area (Å²) in [5.74, 6) is 1.02. The third-order valence-corrected chi connectivity index (χ3v) is 5.93. The summed E-state index contributed by atoms with van der Waals surface area (Å²) in [5, 5.41) is 11.0. The quantitative estimate of drug-likeness (QED) is 0.735. The minimum atomic E-state index is -0.0586. The van der Waals surface area contributed by atoms with Crippen LogP contribution in [0.2, 0.25) is 0 Å². The van der Waals surface area contributed by atoms with Crippen LogP contribution in [-0.2, 0) is 0 Å². The molecule has 1 saturated heterocycles. The van der Waals surface area contributed by atoms with Crippen molar-refractivity contribution in [3.8, 4) is 10.6 Å². The molecule has 0 spiro atoms. The molecule has 2 fully saturated rings. The summed E-state index contributed by atoms with van der Waals surface area (Å²) >= 11 is 1.64. The average Bonchev–Trinajstić information content (AvgIpc) is 3.19. The third-order valence-electron chi connectivity index (χ3n) is 5.04. The van der Waals surface area contributed by atoms with Gasteiger partial charge in [0.05, 0.1) is 23.1 Å². The van der Waals surface area contributed by atoms with E-state index in [1.54, 1.807) is 17.4 Å². The maximum absolute atomic E-state index is 12.2. The van der Waals surface area contributed by atoms with Gasteiger partial charge in [0, 0.05) is 23.3 Å². The Bertz CT molecular complexity index is 952. The van der Waals surface area contributed by atoms with Gasteiger partial charge in [0.2, 0.25) is 0 Å². The highest BCUT2D eigenvalue weighted by molar-refractivity contribution is 7.13. The van der Waals surface area contributed by atoms with Crippen molar-refractivity contribution in [3.05, 3.63) is 39.4 Å². The minimum absolute atomic E-state index is 0. The fraction of sp³-hybridized carbons (Fsp3) is 0.471. The minimum Gasteiger partial charge on any atom is -0.317 e. The molecule has 2 N–H and O–H groups in total. The second-order valence-corrected chi connectivity index (χ2v) is 7.61. The highest BCUT2D eigenvalue weighted by Crippen LogP contribution is 2.41. The lowest BCUT2D eigenvalue weighted by Crippen LogP contribution is -2.28. The Labute approximate surface area is 155 Å². The smallest absolute Gasteiger partial charge is 0.251 e. The summed E-state index contributed by atoms with van der Waals surface area (Å²) in [6.45, 7) is 1.98. The molecule has 5 rings (SSSR count). The molecule has 3 aromatic rings. The number of nitrogens with zero attached hydrogens (tertiary/aromatic N) is 3. The fourth-order valence-electron chi connectivity index (χ4n) is 3.55. The fourth-order valence-corrected chi connectivity index (χ4v) is 4.47. The number of piperidine rings is 1. The molecule has 25 heavy (non-hydrogen) atoms. The topological polar surface area (TPSA) is 75.1 Å². The van der Waals surface area contributed by atoms with Gasteiger partial charge in [-0.05, 0) is 38.8 Å². The Balaban J connectivity index is 0.00000157. The summed E-state index contributed by atoms with van der Waals surface area (Å²) in [4.78, 5) is 20.0. The maximum atomic E-state index is 12.2. The SMILES string of the molecule is Cl.O=c1cc(C2CCNCC2)n2ncc(-c3nc(C4CC4)cs3)c2[nH]1. The van der Waals surface area contributed by atoms with E-state index in [1.165, 1.54) is 18.5 Å². The van der Waals surface area contributed by atoms with Gasteiger partial charge < -0.3 is 10.3 Å². The average molecular weight is 378 g/mol. The van der Waals surface area contributed by atoms with E-state index >= 15 is 0 Å². The monoisotopic (exact) mass is 377 g/mol. The molecule has 0 radical (unpaired) electrons. The number of hydrogen-bond donors (Lipinski definition) is 2. The molecule has 132 valence electrons. The zero-order chi connectivity index (χ0) is 16.1. The van der Waals surface area contributed by atoms with Crippen LogP contribution in [0.4, 0.5) is 0 Å². The van der Waals surface area contributed by atoms with Crippen molar-refractivity contribution in [2.45, 2.75) is 37.5 Å². The summed E-state index contributed by atoms with van der Waals surface area (Å²) in [6, 6.07) is 1.71. The molecule has 3 aromatic heterocycles. The number of aromatic amines is 1. The van der Waals surface area contributed by atoms with Gasteiger partial charge in [-0.25, -0.2) is 9.50 Å². The Morgan fingerprint density at radius 2 is 1.96 bits per heavy atom. The molecule has 4 heterocycles. The van der Waals surface area contributed by atoms with Crippen LogP contribution in [0.15, 0.2) is 22.4 Å². The van der Waals surface area contributed by atoms with Gasteiger partial charge in [0.25, 0.3) is 5.56 Å². The highest BCUT2D eigenvalue weighted by Gasteiger charge is 2.27. The molecule has 1 aliphatic carbocycles. The predicted octanol–water partition coefficient (Wildman–Crippen LogP) is 2.91. The number of H-pyrrole nitrogens is 1. The second-order valence-electron chi connectivity index (χ2n) is 6.75. The Hall–Kier alpha value is -1.70. The number of rotatable bonds is 3. The van der Waals surface area contributed by atoms with E-state index in [0.29, 0.717) is 11.8 Å². The molecule has 0 atom stereocenters. The summed E-state index contributed by atoms with van der Waals surface area (Å²) in [6.07, 6.45) is 6.41. The summed E-state index contributed by atoms with van der Waals surface area (Å²) in [7, 11) is 0. The van der Waals surface area contributed by atoms with E-state index in [0.717, 1.165) is 47.8 Å². The molecule has 0 amide bonds. The van der Waals surface area contributed by atoms with Crippen LogP contribution in [0.1, 0.15) is 48.9 Å². The Morgan fingerprint density at radius 1 is 1.16 bits per heavy atom. The Morgan fingerprint density at radius 3 is 2.72 bits per heavy atom. The van der Waals surface area contributed by atoms with Crippen molar-refractivity contribution < 1.29 is 0 Å². The first kappa shape index (κ1) is 16.8. The zero-order valence-corrected chi connectivity index (χ0v) is 15.3. The molecular formula is C17H20ClN5OS. The molecule has 1 aliphatic heterocycles. The lowest BCUT2D eigenvalue weighted by atomic mass is 9.94. The van der Waals surface area contributed by atoms with Crippen LogP contribution in [0.3, 0.4) is 0 Å². The van der Waals surface area contributed by atoms with Crippen molar-refractivity contribution >= 4 is 29.4 Å². The normalized spacial score (nSPS) is 18.4. The van der Waals surface area contributed by atoms with Crippen LogP contribution in [0.25, 0.3) is 16.2 Å². The van der Waals surface area contributed by atoms with Gasteiger partial charge in [0.1, 0.15) is 10.7 Å². The zero-order valence-electron chi connectivity index (χ0n) is 13.7. The molecule has 1 saturated carbocycles. The predicted molar refractivity (Wildman–Crippen MR) is 101 cm³/mol. The third kappa shape index (κ3) is 3.01. The van der Waals surface area contributed by atoms with Crippen LogP contribution < -0.4 is 10.9 Å². The van der Waals surface area contributed by atoms with Gasteiger partial charge in [-0.3, -0.25) is 4.79 Å². The second kappa shape index (κ2) is 6.55. The van der Waals surface area contributed by atoms with Gasteiger partial charge in [-0.1, -0.05) is 0 Å². The van der Waals surface area contributed by atoms with Crippen molar-refractivity contribution in [1.82, 2.24) is 24.9 Å². The molecule has 0 bridgehead atoms. The summed E-state index contributed by atoms with van der Waals surface area (Å²) < 4.78 is 1.91. The molecule has 0 unspecified atom stereocenters. The van der Waals surface area contributed by atoms with Crippen LogP contribution >= 0.6 is 23.7 Å². The van der Waals surface area contributed by atoms with Gasteiger partial charge in [-0.2, -0.15) is 5.10 Å². The van der Waals surface area contributed by atoms with Crippen LogP contribution in [-0.4, -0.2) is 32.7 Å². The maximum Gasteiger partial charge on any atom is 0.251 e. The number of hydrogen-bond acceptors (Lipinski definition) is 5. The first-order chi connectivity index (χ1) is 11.8. The molecule has 8 heteroatoms. The molecular weight excluding hydrogens is 358 g/mol. The van der Waals surface area contributed by atoms with E-state index in [-0.39, 0.29) is 18.0 Å². The molecule has 6 nitrogen and oxygen atoms in total. The van der Waals surface area contributed by atoms with Crippen molar-refractivity contribution in [2.24, 2.45) is 0 Å². The van der Waals surface area contributed by atoms with Crippen LogP contribution in [0, 0.1) is 0 Å². The van der Waals surface area contributed by atoms with E-state index in [4.69, 9.17) is 4.98 Å². The number of halogens is 1. The largest absolute Gasteiger partial charge is 0.317 e. The number of thiazole rings is 1. The highest BCUT2D eigenvalue weighted by atomic mass is 35.5. The molecule has 2 aliphatic rings. The van der Waals surface area contributed by atoms with Crippen molar-refractivity contribution in [3.63, 3.8) is 0 Å². The van der Waals surface area contributed by atoms with Gasteiger partial charge >= 0.3 is 0 Å². The number of nitrogens with one attached hydrogen (secondary N) is 2. The Kier molecular flexibility index (Phi) is 4.39. The van der Waals surface area contributed by atoms with E-state index in [9.17, 15) is 4.79 Å². The number of aromatic nitrogens is 4. The van der Waals surface area contributed by atoms with Crippen LogP contribution in [0.5, 0.6) is 0 Å². The van der Waals surface area contributed by atoms with Crippen molar-refractivity contribution in [2.75, 3.05) is 13.1 Å². The molecule has 0 aromatic carbocycles. The first-order valence-electron chi connectivity index (χ1n) is 8.57. The number of fused-ring (bicyclic) bond motifs is 1. The first-order valence-corrected chi connectivity index (χ1v) is 9.45.